The summed E-state index contributed by atoms with van der Waals surface area (Å²) in [6, 6.07) is -0.0830. The molecule has 3 rings (SSSR count). The van der Waals surface area contributed by atoms with Crippen molar-refractivity contribution in [3.8, 4) is 0 Å². The third kappa shape index (κ3) is 4.27. The molecule has 1 atom stereocenters. The van der Waals surface area contributed by atoms with E-state index >= 15 is 0 Å². The van der Waals surface area contributed by atoms with E-state index in [0.29, 0.717) is 22.9 Å². The summed E-state index contributed by atoms with van der Waals surface area (Å²) in [5.74, 6) is 1.60. The topological polar surface area (TPSA) is 118 Å². The van der Waals surface area contributed by atoms with Crippen LogP contribution in [0.2, 0.25) is 0 Å². The predicted octanol–water partition coefficient (Wildman–Crippen LogP) is 2.65. The van der Waals surface area contributed by atoms with Gasteiger partial charge < -0.3 is 16.5 Å². The van der Waals surface area contributed by atoms with E-state index in [2.05, 4.69) is 25.6 Å². The Morgan fingerprint density at radius 3 is 2.75 bits per heavy atom. The quantitative estimate of drug-likeness (QED) is 0.701. The highest BCUT2D eigenvalue weighted by Crippen LogP contribution is 2.30. The highest BCUT2D eigenvalue weighted by Gasteiger charge is 2.23. The van der Waals surface area contributed by atoms with E-state index in [1.54, 1.807) is 6.92 Å². The van der Waals surface area contributed by atoms with Crippen LogP contribution in [-0.4, -0.2) is 30.7 Å². The zero-order valence-electron chi connectivity index (χ0n) is 14.7. The van der Waals surface area contributed by atoms with Crippen LogP contribution in [0, 0.1) is 11.3 Å². The highest BCUT2D eigenvalue weighted by atomic mass is 15.4. The van der Waals surface area contributed by atoms with Gasteiger partial charge in [-0.05, 0) is 32.6 Å². The molecular weight excluding hydrogens is 304 g/mol. The maximum Gasteiger partial charge on any atom is 0.141 e. The van der Waals surface area contributed by atoms with Crippen LogP contribution in [0.1, 0.15) is 57.8 Å². The summed E-state index contributed by atoms with van der Waals surface area (Å²) in [6.45, 7) is 8.58. The first-order chi connectivity index (χ1) is 11.5. The lowest BCUT2D eigenvalue weighted by Crippen LogP contribution is -2.14. The maximum atomic E-state index is 7.82. The van der Waals surface area contributed by atoms with Gasteiger partial charge in [0.25, 0.3) is 0 Å². The molecule has 2 aromatic rings. The average molecular weight is 330 g/mol. The Balaban J connectivity index is 0.00000100. The summed E-state index contributed by atoms with van der Waals surface area (Å²) in [5.41, 5.74) is 7.53. The number of aromatic nitrogens is 5. The summed E-state index contributed by atoms with van der Waals surface area (Å²) in [4.78, 5) is 8.13. The smallest absolute Gasteiger partial charge is 0.141 e. The summed E-state index contributed by atoms with van der Waals surface area (Å²) in [5, 5.41) is 19.4. The molecule has 0 bridgehead atoms. The lowest BCUT2D eigenvalue weighted by Gasteiger charge is -2.15. The van der Waals surface area contributed by atoms with Gasteiger partial charge in [-0.3, -0.25) is 4.68 Å². The van der Waals surface area contributed by atoms with E-state index in [1.165, 1.54) is 19.2 Å². The molecule has 0 saturated heterocycles. The Labute approximate surface area is 142 Å². The Kier molecular flexibility index (Phi) is 5.83. The second kappa shape index (κ2) is 7.85. The minimum atomic E-state index is -0.0830. The predicted molar refractivity (Wildman–Crippen MR) is 95.1 cm³/mol. The van der Waals surface area contributed by atoms with Crippen LogP contribution in [0.15, 0.2) is 12.5 Å². The van der Waals surface area contributed by atoms with Gasteiger partial charge >= 0.3 is 0 Å². The molecule has 0 aliphatic heterocycles. The van der Waals surface area contributed by atoms with E-state index in [4.69, 9.17) is 11.1 Å². The second-order valence-corrected chi connectivity index (χ2v) is 5.78. The van der Waals surface area contributed by atoms with Gasteiger partial charge in [-0.15, -0.1) is 5.10 Å². The number of nitrogens with zero attached hydrogens (tertiary/aromatic N) is 5. The Morgan fingerprint density at radius 2 is 2.12 bits per heavy atom. The minimum Gasteiger partial charge on any atom is -0.383 e. The average Bonchev–Trinajstić information content (AvgIpc) is 3.23. The fourth-order valence-corrected chi connectivity index (χ4v) is 2.32. The molecule has 1 unspecified atom stereocenters. The van der Waals surface area contributed by atoms with Crippen LogP contribution in [0.25, 0.3) is 0 Å². The first kappa shape index (κ1) is 17.8. The summed E-state index contributed by atoms with van der Waals surface area (Å²) >= 11 is 0. The van der Waals surface area contributed by atoms with Gasteiger partial charge in [0.15, 0.2) is 0 Å². The van der Waals surface area contributed by atoms with E-state index in [-0.39, 0.29) is 6.04 Å². The first-order valence-electron chi connectivity index (χ1n) is 8.37. The van der Waals surface area contributed by atoms with Gasteiger partial charge in [0, 0.05) is 12.3 Å². The minimum absolute atomic E-state index is 0.0830. The number of hydrogen-bond acceptors (Lipinski definition) is 7. The van der Waals surface area contributed by atoms with Crippen LogP contribution < -0.4 is 11.1 Å². The molecule has 4 N–H and O–H groups in total. The molecule has 0 aromatic carbocycles. The number of nitrogens with one attached hydrogen (secondary N) is 2. The normalized spacial score (nSPS) is 14.5. The van der Waals surface area contributed by atoms with Crippen molar-refractivity contribution in [2.75, 3.05) is 11.1 Å². The van der Waals surface area contributed by atoms with Crippen molar-refractivity contribution < 1.29 is 0 Å². The van der Waals surface area contributed by atoms with Crippen molar-refractivity contribution in [1.82, 2.24) is 25.0 Å². The van der Waals surface area contributed by atoms with Gasteiger partial charge in [-0.2, -0.15) is 0 Å². The molecule has 2 aromatic heterocycles. The molecule has 0 spiro atoms. The summed E-state index contributed by atoms with van der Waals surface area (Å²) in [7, 11) is 0. The van der Waals surface area contributed by atoms with Gasteiger partial charge in [0.05, 0.1) is 17.8 Å². The standard InChI is InChI=1S/C14H20N8.C2H6/c1-8(15)12-13(16)17-7-18-14(12)19-9(2)11-6-22(21-20-11)5-10-3-4-10;1-2/h6-7,9-10,15H,3-5H2,1-2H3,(H3,16,17,18,19);1-2H3. The molecular formula is C16H26N8. The number of rotatable bonds is 6. The summed E-state index contributed by atoms with van der Waals surface area (Å²) in [6.07, 6.45) is 5.91. The fraction of sp³-hybridized carbons (Fsp3) is 0.562. The molecule has 0 amide bonds. The zero-order valence-corrected chi connectivity index (χ0v) is 14.7. The first-order valence-corrected chi connectivity index (χ1v) is 8.37. The molecule has 2 heterocycles. The molecule has 1 saturated carbocycles. The van der Waals surface area contributed by atoms with Crippen molar-refractivity contribution in [3.05, 3.63) is 23.8 Å². The SMILES string of the molecule is CC.CC(=N)c1c(N)ncnc1NC(C)c1cn(CC2CC2)nn1. The van der Waals surface area contributed by atoms with E-state index in [0.717, 1.165) is 18.2 Å². The van der Waals surface area contributed by atoms with Crippen LogP contribution in [0.3, 0.4) is 0 Å². The van der Waals surface area contributed by atoms with Crippen molar-refractivity contribution in [2.24, 2.45) is 5.92 Å². The number of nitrogens with two attached hydrogens (primary N) is 1. The maximum absolute atomic E-state index is 7.82. The number of hydrogen-bond donors (Lipinski definition) is 3. The van der Waals surface area contributed by atoms with E-state index < -0.39 is 0 Å². The molecule has 1 aliphatic carbocycles. The fourth-order valence-electron chi connectivity index (χ4n) is 2.32. The van der Waals surface area contributed by atoms with E-state index in [1.807, 2.05) is 31.6 Å². The molecule has 24 heavy (non-hydrogen) atoms. The number of anilines is 2. The second-order valence-electron chi connectivity index (χ2n) is 5.78. The van der Waals surface area contributed by atoms with Crippen molar-refractivity contribution in [2.45, 2.75) is 53.1 Å². The Hall–Kier alpha value is -2.51. The zero-order chi connectivity index (χ0) is 17.7. The largest absolute Gasteiger partial charge is 0.383 e. The van der Waals surface area contributed by atoms with Crippen LogP contribution in [0.4, 0.5) is 11.6 Å². The Bertz CT molecular complexity index is 689. The van der Waals surface area contributed by atoms with Crippen LogP contribution >= 0.6 is 0 Å². The number of nitrogen functional groups attached to an aromatic ring is 1. The van der Waals surface area contributed by atoms with Crippen LogP contribution in [-0.2, 0) is 6.54 Å². The van der Waals surface area contributed by atoms with Crippen molar-refractivity contribution >= 4 is 17.3 Å². The van der Waals surface area contributed by atoms with Crippen molar-refractivity contribution in [3.63, 3.8) is 0 Å². The molecule has 1 aliphatic rings. The van der Waals surface area contributed by atoms with E-state index in [9.17, 15) is 0 Å². The Morgan fingerprint density at radius 1 is 1.42 bits per heavy atom. The third-order valence-electron chi connectivity index (χ3n) is 3.75. The van der Waals surface area contributed by atoms with Crippen LogP contribution in [0.5, 0.6) is 0 Å². The molecule has 8 heteroatoms. The lowest BCUT2D eigenvalue weighted by atomic mass is 10.1. The lowest BCUT2D eigenvalue weighted by molar-refractivity contribution is 0.544. The molecule has 130 valence electrons. The van der Waals surface area contributed by atoms with Crippen molar-refractivity contribution in [1.29, 1.82) is 5.41 Å². The van der Waals surface area contributed by atoms with Gasteiger partial charge in [-0.25, -0.2) is 9.97 Å². The van der Waals surface area contributed by atoms with Gasteiger partial charge in [-0.1, -0.05) is 19.1 Å². The molecule has 1 fully saturated rings. The molecule has 8 nitrogen and oxygen atoms in total. The monoisotopic (exact) mass is 330 g/mol. The third-order valence-corrected chi connectivity index (χ3v) is 3.75. The van der Waals surface area contributed by atoms with Gasteiger partial charge in [0.2, 0.25) is 0 Å². The molecule has 0 radical (unpaired) electrons. The highest BCUT2D eigenvalue weighted by molar-refractivity contribution is 6.04. The summed E-state index contributed by atoms with van der Waals surface area (Å²) < 4.78 is 1.89. The van der Waals surface area contributed by atoms with Gasteiger partial charge in [0.1, 0.15) is 23.7 Å².